The van der Waals surface area contributed by atoms with Crippen LogP contribution in [0.4, 0.5) is 0 Å². The summed E-state index contributed by atoms with van der Waals surface area (Å²) in [4.78, 5) is 35.8. The normalized spacial score (nSPS) is 12.2. The highest BCUT2D eigenvalue weighted by molar-refractivity contribution is 7.24. The lowest BCUT2D eigenvalue weighted by atomic mass is 9.84. The van der Waals surface area contributed by atoms with Crippen LogP contribution in [0.3, 0.4) is 0 Å². The molecule has 6 rings (SSSR count). The first kappa shape index (κ1) is 20.3. The average Bonchev–Trinajstić information content (AvgIpc) is 2.84. The number of carbonyl (C=O) groups is 2. The number of rotatable bonds is 0. The van der Waals surface area contributed by atoms with Gasteiger partial charge in [-0.2, -0.15) is 0 Å². The van der Waals surface area contributed by atoms with Gasteiger partial charge < -0.3 is 0 Å². The first-order valence-corrected chi connectivity index (χ1v) is 11.1. The minimum Gasteiger partial charge on any atom is -0.289 e. The van der Waals surface area contributed by atoms with Gasteiger partial charge in [0, 0.05) is 36.3 Å². The third-order valence-corrected chi connectivity index (χ3v) is 6.76. The Morgan fingerprint density at radius 3 is 1.66 bits per heavy atom. The van der Waals surface area contributed by atoms with Crippen LogP contribution in [-0.2, 0) is 0 Å². The van der Waals surface area contributed by atoms with Gasteiger partial charge in [0.15, 0.2) is 5.43 Å². The van der Waals surface area contributed by atoms with E-state index in [4.69, 9.17) is 11.6 Å². The number of fused-ring (bicyclic) bond motifs is 5. The highest BCUT2D eigenvalue weighted by atomic mass is 35.5. The Morgan fingerprint density at radius 1 is 0.531 bits per heavy atom. The molecule has 154 valence electrons. The smallest absolute Gasteiger partial charge is 0.234 e. The summed E-state index contributed by atoms with van der Waals surface area (Å²) in [6.45, 7) is 0. The quantitative estimate of drug-likeness (QED) is 0.191. The highest BCUT2D eigenvalue weighted by Gasteiger charge is 2.29. The van der Waals surface area contributed by atoms with Crippen molar-refractivity contribution in [2.24, 2.45) is 0 Å². The summed E-state index contributed by atoms with van der Waals surface area (Å²) >= 11 is 7.52. The topological polar surface area (TPSA) is 51.2 Å². The van der Waals surface area contributed by atoms with Crippen LogP contribution in [0.15, 0.2) is 95.8 Å². The molecule has 5 aromatic rings. The van der Waals surface area contributed by atoms with Crippen LogP contribution < -0.4 is 5.43 Å². The van der Waals surface area contributed by atoms with Crippen LogP contribution in [0.2, 0.25) is 5.02 Å². The van der Waals surface area contributed by atoms with Crippen LogP contribution in [0, 0.1) is 0 Å². The van der Waals surface area contributed by atoms with E-state index in [0.29, 0.717) is 21.5 Å². The lowest BCUT2D eigenvalue weighted by Gasteiger charge is -2.16. The molecular formula is C27H15ClO3S. The predicted octanol–water partition coefficient (Wildman–Crippen LogP) is 6.80. The van der Waals surface area contributed by atoms with Gasteiger partial charge in [0.2, 0.25) is 11.6 Å². The Kier molecular flexibility index (Phi) is 5.17. The second-order valence-corrected chi connectivity index (χ2v) is 8.84. The summed E-state index contributed by atoms with van der Waals surface area (Å²) in [6.07, 6.45) is 0. The van der Waals surface area contributed by atoms with Crippen LogP contribution in [0.25, 0.3) is 31.3 Å². The van der Waals surface area contributed by atoms with E-state index in [-0.39, 0.29) is 5.43 Å². The third kappa shape index (κ3) is 3.44. The molecule has 0 amide bonds. The number of halogens is 1. The SMILES string of the molecule is O=C1C(=O)c2ccccc2-c2ccccc21.O=c1c2ccccc2sc2ccc(Cl)cc12. The number of ketones is 2. The Hall–Kier alpha value is -3.60. The Balaban J connectivity index is 0.000000135. The van der Waals surface area contributed by atoms with Gasteiger partial charge in [-0.3, -0.25) is 14.4 Å². The minimum absolute atomic E-state index is 0.0619. The molecule has 0 fully saturated rings. The van der Waals surface area contributed by atoms with Crippen LogP contribution in [0.5, 0.6) is 0 Å². The molecule has 1 heterocycles. The third-order valence-electron chi connectivity index (χ3n) is 5.38. The van der Waals surface area contributed by atoms with Gasteiger partial charge >= 0.3 is 0 Å². The fraction of sp³-hybridized carbons (Fsp3) is 0. The van der Waals surface area contributed by atoms with E-state index in [0.717, 1.165) is 25.9 Å². The number of Topliss-reactive ketones (excluding diaryl/α,β-unsaturated/α-hetero) is 2. The molecule has 0 radical (unpaired) electrons. The molecule has 0 saturated carbocycles. The summed E-state index contributed by atoms with van der Waals surface area (Å²) < 4.78 is 2.00. The highest BCUT2D eigenvalue weighted by Crippen LogP contribution is 2.32. The van der Waals surface area contributed by atoms with Crippen molar-refractivity contribution in [2.45, 2.75) is 0 Å². The fourth-order valence-corrected chi connectivity index (χ4v) is 5.08. The van der Waals surface area contributed by atoms with E-state index >= 15 is 0 Å². The minimum atomic E-state index is -0.408. The molecule has 0 bridgehead atoms. The van der Waals surface area contributed by atoms with Crippen LogP contribution in [-0.4, -0.2) is 11.6 Å². The molecule has 0 saturated heterocycles. The summed E-state index contributed by atoms with van der Waals surface area (Å²) in [5.74, 6) is -0.816. The molecule has 0 N–H and O–H groups in total. The van der Waals surface area contributed by atoms with E-state index in [2.05, 4.69) is 0 Å². The molecule has 0 atom stereocenters. The van der Waals surface area contributed by atoms with Crippen molar-refractivity contribution in [1.29, 1.82) is 0 Å². The summed E-state index contributed by atoms with van der Waals surface area (Å²) in [7, 11) is 0. The second kappa shape index (κ2) is 8.15. The second-order valence-electron chi connectivity index (χ2n) is 7.32. The Bertz CT molecular complexity index is 1540. The van der Waals surface area contributed by atoms with Gasteiger partial charge in [-0.1, -0.05) is 72.3 Å². The van der Waals surface area contributed by atoms with Gasteiger partial charge in [0.25, 0.3) is 0 Å². The standard InChI is InChI=1S/C14H8O2.C13H7ClOS/c15-13-11-7-3-1-5-9(11)10-6-2-4-8-12(10)14(13)16;14-8-5-6-12-10(7-8)13(15)9-3-1-2-4-11(9)16-12/h1-8H;1-7H. The van der Waals surface area contributed by atoms with E-state index in [1.807, 2.05) is 60.7 Å². The maximum atomic E-state index is 12.2. The van der Waals surface area contributed by atoms with Crippen molar-refractivity contribution >= 4 is 54.7 Å². The number of carbonyl (C=O) groups excluding carboxylic acids is 2. The van der Waals surface area contributed by atoms with Crippen molar-refractivity contribution in [3.8, 4) is 11.1 Å². The maximum Gasteiger partial charge on any atom is 0.234 e. The Labute approximate surface area is 192 Å². The van der Waals surface area contributed by atoms with Gasteiger partial charge in [0.1, 0.15) is 0 Å². The molecule has 0 aliphatic heterocycles. The zero-order valence-electron chi connectivity index (χ0n) is 16.7. The molecule has 4 aromatic carbocycles. The largest absolute Gasteiger partial charge is 0.289 e. The van der Waals surface area contributed by atoms with Gasteiger partial charge in [-0.05, 0) is 41.5 Å². The monoisotopic (exact) mass is 454 g/mol. The first-order valence-electron chi connectivity index (χ1n) is 9.93. The molecule has 1 aliphatic rings. The lowest BCUT2D eigenvalue weighted by molar-refractivity contribution is 0.0815. The summed E-state index contributed by atoms with van der Waals surface area (Å²) in [6, 6.07) is 27.5. The predicted molar refractivity (Wildman–Crippen MR) is 131 cm³/mol. The lowest BCUT2D eigenvalue weighted by Crippen LogP contribution is -2.20. The van der Waals surface area contributed by atoms with Crippen LogP contribution in [0.1, 0.15) is 20.7 Å². The summed E-state index contributed by atoms with van der Waals surface area (Å²) in [5.41, 5.74) is 2.77. The fourth-order valence-electron chi connectivity index (χ4n) is 3.85. The number of benzene rings is 4. The molecule has 3 nitrogen and oxygen atoms in total. The average molecular weight is 455 g/mol. The zero-order valence-corrected chi connectivity index (χ0v) is 18.2. The zero-order chi connectivity index (χ0) is 22.2. The van der Waals surface area contributed by atoms with E-state index in [9.17, 15) is 14.4 Å². The first-order chi connectivity index (χ1) is 15.5. The molecule has 1 aromatic heterocycles. The Morgan fingerprint density at radius 2 is 1.03 bits per heavy atom. The van der Waals surface area contributed by atoms with Gasteiger partial charge in [-0.15, -0.1) is 11.3 Å². The number of hydrogen-bond acceptors (Lipinski definition) is 4. The van der Waals surface area contributed by atoms with E-state index in [1.54, 1.807) is 41.7 Å². The summed E-state index contributed by atoms with van der Waals surface area (Å²) in [5, 5.41) is 2.07. The van der Waals surface area contributed by atoms with Gasteiger partial charge in [0.05, 0.1) is 0 Å². The maximum absolute atomic E-state index is 12.2. The van der Waals surface area contributed by atoms with E-state index in [1.165, 1.54) is 0 Å². The molecule has 32 heavy (non-hydrogen) atoms. The van der Waals surface area contributed by atoms with Crippen molar-refractivity contribution < 1.29 is 9.59 Å². The number of hydrogen-bond donors (Lipinski definition) is 0. The van der Waals surface area contributed by atoms with Crippen molar-refractivity contribution in [3.05, 3.63) is 117 Å². The van der Waals surface area contributed by atoms with Gasteiger partial charge in [-0.25, -0.2) is 0 Å². The van der Waals surface area contributed by atoms with E-state index < -0.39 is 11.6 Å². The molecule has 1 aliphatic carbocycles. The van der Waals surface area contributed by atoms with Crippen molar-refractivity contribution in [3.63, 3.8) is 0 Å². The molecule has 0 spiro atoms. The van der Waals surface area contributed by atoms with Crippen molar-refractivity contribution in [2.75, 3.05) is 0 Å². The van der Waals surface area contributed by atoms with Crippen LogP contribution >= 0.6 is 22.9 Å². The van der Waals surface area contributed by atoms with Crippen molar-refractivity contribution in [1.82, 2.24) is 0 Å². The molecular weight excluding hydrogens is 440 g/mol. The molecule has 0 unspecified atom stereocenters. The molecule has 5 heteroatoms.